The predicted molar refractivity (Wildman–Crippen MR) is 77.7 cm³/mol. The van der Waals surface area contributed by atoms with Gasteiger partial charge in [0.15, 0.2) is 0 Å². The van der Waals surface area contributed by atoms with Gasteiger partial charge in [0.2, 0.25) is 5.82 Å². The summed E-state index contributed by atoms with van der Waals surface area (Å²) in [6.45, 7) is 10.8. The van der Waals surface area contributed by atoms with E-state index in [1.807, 2.05) is 20.8 Å². The third-order valence-electron chi connectivity index (χ3n) is 3.55. The van der Waals surface area contributed by atoms with Crippen molar-refractivity contribution in [1.29, 1.82) is 0 Å². The van der Waals surface area contributed by atoms with Crippen molar-refractivity contribution >= 4 is 5.91 Å². The quantitative estimate of drug-likeness (QED) is 0.823. The summed E-state index contributed by atoms with van der Waals surface area (Å²) >= 11 is 0. The number of hydrogen-bond acceptors (Lipinski definition) is 4. The predicted octanol–water partition coefficient (Wildman–Crippen LogP) is 1.32. The van der Waals surface area contributed by atoms with Crippen molar-refractivity contribution < 1.29 is 4.79 Å². The topological polar surface area (TPSA) is 73.9 Å². The number of likely N-dealkylation sites (N-methyl/N-ethyl adjacent to an activating group) is 1. The molecule has 2 N–H and O–H groups in total. The minimum absolute atomic E-state index is 0.128. The van der Waals surface area contributed by atoms with Gasteiger partial charge in [-0.2, -0.15) is 0 Å². The number of carbonyl (C=O) groups excluding carboxylic acids is 1. The molecule has 1 aromatic rings. The van der Waals surface area contributed by atoms with Gasteiger partial charge in [-0.1, -0.05) is 27.7 Å². The van der Waals surface area contributed by atoms with Crippen LogP contribution in [0, 0.1) is 0 Å². The summed E-state index contributed by atoms with van der Waals surface area (Å²) in [6.07, 6.45) is 2.58. The van der Waals surface area contributed by atoms with Crippen molar-refractivity contribution in [2.45, 2.75) is 52.0 Å². The van der Waals surface area contributed by atoms with E-state index in [0.29, 0.717) is 6.54 Å². The molecule has 1 heterocycles. The molecule has 1 saturated carbocycles. The molecule has 0 unspecified atom stereocenters. The molecule has 1 aliphatic carbocycles. The lowest BCUT2D eigenvalue weighted by Gasteiger charge is -2.19. The summed E-state index contributed by atoms with van der Waals surface area (Å²) < 4.78 is 0. The van der Waals surface area contributed by atoms with E-state index in [1.54, 1.807) is 0 Å². The summed E-state index contributed by atoms with van der Waals surface area (Å²) in [5.41, 5.74) is -0.128. The van der Waals surface area contributed by atoms with Crippen molar-refractivity contribution in [3.8, 4) is 0 Å². The van der Waals surface area contributed by atoms with Gasteiger partial charge in [0, 0.05) is 24.5 Å². The van der Waals surface area contributed by atoms with Gasteiger partial charge in [-0.3, -0.25) is 14.8 Å². The molecule has 1 aromatic heterocycles. The van der Waals surface area contributed by atoms with Gasteiger partial charge in [0.25, 0.3) is 5.91 Å². The van der Waals surface area contributed by atoms with Crippen LogP contribution in [0.2, 0.25) is 0 Å². The first kappa shape index (κ1) is 15.0. The third kappa shape index (κ3) is 3.79. The first-order chi connectivity index (χ1) is 9.41. The van der Waals surface area contributed by atoms with Crippen molar-refractivity contribution in [2.24, 2.45) is 0 Å². The second-order valence-electron chi connectivity index (χ2n) is 6.37. The minimum atomic E-state index is -0.205. The number of rotatable bonds is 6. The highest BCUT2D eigenvalue weighted by molar-refractivity contribution is 5.90. The number of nitrogens with one attached hydrogen (secondary N) is 2. The van der Waals surface area contributed by atoms with Gasteiger partial charge in [0.1, 0.15) is 5.82 Å². The molecule has 2 rings (SSSR count). The Labute approximate surface area is 120 Å². The maximum atomic E-state index is 12.0. The Balaban J connectivity index is 1.81. The number of amides is 1. The first-order valence-corrected chi connectivity index (χ1v) is 7.37. The van der Waals surface area contributed by atoms with Crippen LogP contribution in [0.5, 0.6) is 0 Å². The number of hydrogen-bond donors (Lipinski definition) is 2. The highest BCUT2D eigenvalue weighted by Crippen LogP contribution is 2.25. The van der Waals surface area contributed by atoms with E-state index in [2.05, 4.69) is 32.3 Å². The molecule has 1 aliphatic rings. The van der Waals surface area contributed by atoms with E-state index in [9.17, 15) is 4.79 Å². The number of aromatic amines is 1. The molecule has 6 nitrogen and oxygen atoms in total. The molecule has 0 aromatic carbocycles. The molecule has 0 bridgehead atoms. The maximum Gasteiger partial charge on any atom is 0.291 e. The molecular weight excluding hydrogens is 254 g/mol. The van der Waals surface area contributed by atoms with Gasteiger partial charge in [-0.25, -0.2) is 4.98 Å². The van der Waals surface area contributed by atoms with Crippen LogP contribution in [0.1, 0.15) is 57.0 Å². The second kappa shape index (κ2) is 5.91. The standard InChI is InChI=1S/C14H25N5O/c1-5-19(10-6-7-10)9-8-15-12(20)11-16-13(18-17-11)14(2,3)4/h10H,5-9H2,1-4H3,(H,15,20)(H,16,17,18). The fourth-order valence-electron chi connectivity index (χ4n) is 2.13. The Morgan fingerprint density at radius 3 is 2.65 bits per heavy atom. The highest BCUT2D eigenvalue weighted by Gasteiger charge is 2.27. The van der Waals surface area contributed by atoms with Gasteiger partial charge in [-0.15, -0.1) is 5.10 Å². The van der Waals surface area contributed by atoms with E-state index in [4.69, 9.17) is 0 Å². The number of H-pyrrole nitrogens is 1. The van der Waals surface area contributed by atoms with Crippen molar-refractivity contribution in [3.63, 3.8) is 0 Å². The average molecular weight is 279 g/mol. The molecule has 1 amide bonds. The summed E-state index contributed by atoms with van der Waals surface area (Å²) in [7, 11) is 0. The molecule has 0 aliphatic heterocycles. The molecule has 0 saturated heterocycles. The third-order valence-corrected chi connectivity index (χ3v) is 3.55. The Morgan fingerprint density at radius 1 is 1.45 bits per heavy atom. The average Bonchev–Trinajstić information content (AvgIpc) is 3.07. The Kier molecular flexibility index (Phi) is 4.42. The lowest BCUT2D eigenvalue weighted by molar-refractivity contribution is 0.0938. The fourth-order valence-corrected chi connectivity index (χ4v) is 2.13. The van der Waals surface area contributed by atoms with E-state index >= 15 is 0 Å². The van der Waals surface area contributed by atoms with Crippen LogP contribution >= 0.6 is 0 Å². The van der Waals surface area contributed by atoms with Crippen molar-refractivity contribution in [2.75, 3.05) is 19.6 Å². The van der Waals surface area contributed by atoms with Gasteiger partial charge >= 0.3 is 0 Å². The molecule has 0 radical (unpaired) electrons. The van der Waals surface area contributed by atoms with Crippen LogP contribution in [-0.4, -0.2) is 51.7 Å². The zero-order valence-electron chi connectivity index (χ0n) is 12.9. The summed E-state index contributed by atoms with van der Waals surface area (Å²) in [5.74, 6) is 0.754. The first-order valence-electron chi connectivity index (χ1n) is 7.37. The lowest BCUT2D eigenvalue weighted by atomic mass is 9.96. The van der Waals surface area contributed by atoms with Crippen LogP contribution < -0.4 is 5.32 Å². The van der Waals surface area contributed by atoms with E-state index < -0.39 is 0 Å². The van der Waals surface area contributed by atoms with E-state index in [-0.39, 0.29) is 17.1 Å². The van der Waals surface area contributed by atoms with Crippen molar-refractivity contribution in [3.05, 3.63) is 11.6 Å². The van der Waals surface area contributed by atoms with Crippen LogP contribution in [0.4, 0.5) is 0 Å². The van der Waals surface area contributed by atoms with Gasteiger partial charge in [-0.05, 0) is 19.4 Å². The summed E-state index contributed by atoms with van der Waals surface area (Å²) in [4.78, 5) is 18.6. The minimum Gasteiger partial charge on any atom is -0.348 e. The van der Waals surface area contributed by atoms with Crippen molar-refractivity contribution in [1.82, 2.24) is 25.4 Å². The summed E-state index contributed by atoms with van der Waals surface area (Å²) in [5, 5.41) is 9.70. The molecule has 1 fully saturated rings. The smallest absolute Gasteiger partial charge is 0.291 e. The molecule has 112 valence electrons. The zero-order valence-corrected chi connectivity index (χ0v) is 12.9. The van der Waals surface area contributed by atoms with Crippen LogP contribution in [0.15, 0.2) is 0 Å². The fraction of sp³-hybridized carbons (Fsp3) is 0.786. The zero-order chi connectivity index (χ0) is 14.8. The number of aromatic nitrogens is 3. The number of nitrogens with zero attached hydrogens (tertiary/aromatic N) is 3. The molecular formula is C14H25N5O. The van der Waals surface area contributed by atoms with Gasteiger partial charge in [0.05, 0.1) is 0 Å². The molecule has 20 heavy (non-hydrogen) atoms. The largest absolute Gasteiger partial charge is 0.348 e. The number of carbonyl (C=O) groups is 1. The second-order valence-corrected chi connectivity index (χ2v) is 6.37. The van der Waals surface area contributed by atoms with Crippen LogP contribution in [-0.2, 0) is 5.41 Å². The van der Waals surface area contributed by atoms with E-state index in [1.165, 1.54) is 12.8 Å². The Hall–Kier alpha value is -1.43. The Bertz CT molecular complexity index is 458. The van der Waals surface area contributed by atoms with Gasteiger partial charge < -0.3 is 5.32 Å². The molecule has 0 atom stereocenters. The van der Waals surface area contributed by atoms with Crippen LogP contribution in [0.3, 0.4) is 0 Å². The SMILES string of the molecule is CCN(CCNC(=O)c1n[nH]c(C(C)(C)C)n1)C1CC1. The van der Waals surface area contributed by atoms with E-state index in [0.717, 1.165) is 25.0 Å². The monoisotopic (exact) mass is 279 g/mol. The normalized spacial score (nSPS) is 15.7. The highest BCUT2D eigenvalue weighted by atomic mass is 16.2. The molecule has 6 heteroatoms. The maximum absolute atomic E-state index is 12.0. The lowest BCUT2D eigenvalue weighted by Crippen LogP contribution is -2.36. The Morgan fingerprint density at radius 2 is 2.15 bits per heavy atom. The van der Waals surface area contributed by atoms with Crippen LogP contribution in [0.25, 0.3) is 0 Å². The molecule has 0 spiro atoms. The summed E-state index contributed by atoms with van der Waals surface area (Å²) in [6, 6.07) is 0.730.